The Labute approximate surface area is 156 Å². The number of rotatable bonds is 2. The molecule has 0 spiro atoms. The third-order valence-electron chi connectivity index (χ3n) is 5.33. The molecule has 1 saturated heterocycles. The summed E-state index contributed by atoms with van der Waals surface area (Å²) in [5.41, 5.74) is 3.60. The molecule has 0 aliphatic carbocycles. The van der Waals surface area contributed by atoms with Crippen molar-refractivity contribution in [2.45, 2.75) is 18.8 Å². The van der Waals surface area contributed by atoms with Gasteiger partial charge in [0.1, 0.15) is 0 Å². The standard InChI is InChI=1S/C21H19N5O/c27-21(17-3-4-18-16(14-17)2-1-9-22-18)25-11-6-15(7-12-25)19-8-13-26-20(24-19)5-10-23-26/h1-5,8-10,13-15H,6-7,11-12H2. The van der Waals surface area contributed by atoms with Gasteiger partial charge in [0, 0.05) is 54.1 Å². The second-order valence-corrected chi connectivity index (χ2v) is 6.96. The summed E-state index contributed by atoms with van der Waals surface area (Å²) in [6.07, 6.45) is 7.34. The van der Waals surface area contributed by atoms with Crippen LogP contribution in [-0.4, -0.2) is 43.5 Å². The molecule has 0 radical (unpaired) electrons. The van der Waals surface area contributed by atoms with Gasteiger partial charge in [-0.05, 0) is 43.2 Å². The van der Waals surface area contributed by atoms with Gasteiger partial charge in [-0.2, -0.15) is 5.10 Å². The van der Waals surface area contributed by atoms with Crippen molar-refractivity contribution in [3.8, 4) is 0 Å². The fourth-order valence-electron chi connectivity index (χ4n) is 3.82. The van der Waals surface area contributed by atoms with E-state index in [9.17, 15) is 4.79 Å². The van der Waals surface area contributed by atoms with Gasteiger partial charge in [-0.1, -0.05) is 6.07 Å². The minimum absolute atomic E-state index is 0.0957. The van der Waals surface area contributed by atoms with Crippen molar-refractivity contribution in [2.24, 2.45) is 0 Å². The molecule has 0 atom stereocenters. The van der Waals surface area contributed by atoms with Crippen LogP contribution in [0.5, 0.6) is 0 Å². The molecule has 1 aliphatic heterocycles. The van der Waals surface area contributed by atoms with E-state index in [0.29, 0.717) is 5.92 Å². The molecule has 4 heterocycles. The van der Waals surface area contributed by atoms with E-state index < -0.39 is 0 Å². The Hall–Kier alpha value is -3.28. The maximum absolute atomic E-state index is 12.9. The van der Waals surface area contributed by atoms with Gasteiger partial charge >= 0.3 is 0 Å². The molecule has 1 aliphatic rings. The molecule has 0 unspecified atom stereocenters. The van der Waals surface area contributed by atoms with E-state index in [-0.39, 0.29) is 5.91 Å². The third-order valence-corrected chi connectivity index (χ3v) is 5.33. The van der Waals surface area contributed by atoms with Gasteiger partial charge in [0.2, 0.25) is 0 Å². The molecule has 27 heavy (non-hydrogen) atoms. The number of nitrogens with zero attached hydrogens (tertiary/aromatic N) is 5. The number of piperidine rings is 1. The van der Waals surface area contributed by atoms with Crippen LogP contribution in [0.4, 0.5) is 0 Å². The first-order valence-corrected chi connectivity index (χ1v) is 9.22. The quantitative estimate of drug-likeness (QED) is 0.552. The SMILES string of the molecule is O=C(c1ccc2ncccc2c1)N1CCC(c2ccn3nccc3n2)CC1. The molecule has 134 valence electrons. The van der Waals surface area contributed by atoms with E-state index in [1.807, 2.05) is 53.6 Å². The molecular formula is C21H19N5O. The maximum Gasteiger partial charge on any atom is 0.253 e. The van der Waals surface area contributed by atoms with Gasteiger partial charge in [-0.3, -0.25) is 9.78 Å². The molecule has 1 fully saturated rings. The molecule has 4 aromatic rings. The average Bonchev–Trinajstić information content (AvgIpc) is 3.21. The van der Waals surface area contributed by atoms with Crippen LogP contribution in [0.2, 0.25) is 0 Å². The highest BCUT2D eigenvalue weighted by molar-refractivity contribution is 5.98. The lowest BCUT2D eigenvalue weighted by molar-refractivity contribution is 0.0712. The molecule has 0 bridgehead atoms. The van der Waals surface area contributed by atoms with E-state index in [2.05, 4.69) is 10.1 Å². The number of hydrogen-bond acceptors (Lipinski definition) is 4. The Bertz CT molecular complexity index is 1130. The van der Waals surface area contributed by atoms with Crippen molar-refractivity contribution in [1.29, 1.82) is 0 Å². The number of fused-ring (bicyclic) bond motifs is 2. The van der Waals surface area contributed by atoms with Crippen LogP contribution in [0.3, 0.4) is 0 Å². The van der Waals surface area contributed by atoms with Gasteiger partial charge in [0.25, 0.3) is 5.91 Å². The second kappa shape index (κ2) is 6.46. The normalized spacial score (nSPS) is 15.5. The number of hydrogen-bond donors (Lipinski definition) is 0. The van der Waals surface area contributed by atoms with Gasteiger partial charge in [0.05, 0.1) is 11.7 Å². The molecule has 6 heteroatoms. The zero-order valence-electron chi connectivity index (χ0n) is 14.8. The van der Waals surface area contributed by atoms with Crippen LogP contribution in [-0.2, 0) is 0 Å². The highest BCUT2D eigenvalue weighted by Gasteiger charge is 2.25. The Morgan fingerprint density at radius 2 is 1.93 bits per heavy atom. The minimum atomic E-state index is 0.0957. The second-order valence-electron chi connectivity index (χ2n) is 6.96. The van der Waals surface area contributed by atoms with Crippen molar-refractivity contribution in [3.05, 3.63) is 72.3 Å². The van der Waals surface area contributed by atoms with Gasteiger partial charge < -0.3 is 4.90 Å². The minimum Gasteiger partial charge on any atom is -0.339 e. The Morgan fingerprint density at radius 1 is 1.04 bits per heavy atom. The number of amides is 1. The van der Waals surface area contributed by atoms with E-state index in [0.717, 1.165) is 53.7 Å². The van der Waals surface area contributed by atoms with Crippen LogP contribution >= 0.6 is 0 Å². The fourth-order valence-corrected chi connectivity index (χ4v) is 3.82. The average molecular weight is 357 g/mol. The summed E-state index contributed by atoms with van der Waals surface area (Å²) in [7, 11) is 0. The lowest BCUT2D eigenvalue weighted by Gasteiger charge is -2.32. The van der Waals surface area contributed by atoms with E-state index in [1.165, 1.54) is 0 Å². The highest BCUT2D eigenvalue weighted by Crippen LogP contribution is 2.28. The van der Waals surface area contributed by atoms with E-state index in [1.54, 1.807) is 16.9 Å². The Morgan fingerprint density at radius 3 is 2.81 bits per heavy atom. The fraction of sp³-hybridized carbons (Fsp3) is 0.238. The third kappa shape index (κ3) is 2.93. The van der Waals surface area contributed by atoms with Crippen molar-refractivity contribution in [1.82, 2.24) is 24.5 Å². The van der Waals surface area contributed by atoms with Crippen molar-refractivity contribution in [2.75, 3.05) is 13.1 Å². The smallest absolute Gasteiger partial charge is 0.253 e. The number of likely N-dealkylation sites (tertiary alicyclic amines) is 1. The summed E-state index contributed by atoms with van der Waals surface area (Å²) >= 11 is 0. The summed E-state index contributed by atoms with van der Waals surface area (Å²) in [5.74, 6) is 0.480. The van der Waals surface area contributed by atoms with Crippen LogP contribution in [0, 0.1) is 0 Å². The molecule has 5 rings (SSSR count). The highest BCUT2D eigenvalue weighted by atomic mass is 16.2. The molecule has 1 aromatic carbocycles. The largest absolute Gasteiger partial charge is 0.339 e. The number of carbonyl (C=O) groups excluding carboxylic acids is 1. The number of pyridine rings is 1. The number of benzene rings is 1. The van der Waals surface area contributed by atoms with Crippen LogP contribution < -0.4 is 0 Å². The first-order chi connectivity index (χ1) is 13.3. The molecular weight excluding hydrogens is 338 g/mol. The molecule has 0 N–H and O–H groups in total. The molecule has 6 nitrogen and oxygen atoms in total. The first-order valence-electron chi connectivity index (χ1n) is 9.22. The number of aromatic nitrogens is 4. The Kier molecular flexibility index (Phi) is 3.81. The summed E-state index contributed by atoms with van der Waals surface area (Å²) < 4.78 is 1.77. The molecule has 0 saturated carbocycles. The summed E-state index contributed by atoms with van der Waals surface area (Å²) in [6, 6.07) is 13.6. The van der Waals surface area contributed by atoms with E-state index >= 15 is 0 Å². The van der Waals surface area contributed by atoms with Crippen LogP contribution in [0.1, 0.15) is 34.8 Å². The van der Waals surface area contributed by atoms with Gasteiger partial charge in [-0.15, -0.1) is 0 Å². The van der Waals surface area contributed by atoms with Crippen molar-refractivity contribution in [3.63, 3.8) is 0 Å². The summed E-state index contributed by atoms with van der Waals surface area (Å²) in [4.78, 5) is 23.9. The zero-order chi connectivity index (χ0) is 18.2. The number of carbonyl (C=O) groups is 1. The predicted octanol–water partition coefficient (Wildman–Crippen LogP) is 3.30. The maximum atomic E-state index is 12.9. The first kappa shape index (κ1) is 15.9. The van der Waals surface area contributed by atoms with Crippen LogP contribution in [0.25, 0.3) is 16.6 Å². The lowest BCUT2D eigenvalue weighted by Crippen LogP contribution is -2.38. The van der Waals surface area contributed by atoms with Crippen molar-refractivity contribution < 1.29 is 4.79 Å². The molecule has 1 amide bonds. The van der Waals surface area contributed by atoms with Crippen LogP contribution in [0.15, 0.2) is 61.1 Å². The monoisotopic (exact) mass is 357 g/mol. The Balaban J connectivity index is 1.30. The molecule has 3 aromatic heterocycles. The predicted molar refractivity (Wildman–Crippen MR) is 103 cm³/mol. The summed E-state index contributed by atoms with van der Waals surface area (Å²) in [5, 5.41) is 5.19. The topological polar surface area (TPSA) is 63.4 Å². The summed E-state index contributed by atoms with van der Waals surface area (Å²) in [6.45, 7) is 1.50. The lowest BCUT2D eigenvalue weighted by atomic mass is 9.93. The van der Waals surface area contributed by atoms with E-state index in [4.69, 9.17) is 4.98 Å². The van der Waals surface area contributed by atoms with Crippen molar-refractivity contribution >= 4 is 22.5 Å². The van der Waals surface area contributed by atoms with Gasteiger partial charge in [0.15, 0.2) is 5.65 Å². The van der Waals surface area contributed by atoms with Gasteiger partial charge in [-0.25, -0.2) is 9.50 Å². The zero-order valence-corrected chi connectivity index (χ0v) is 14.8.